The average molecular weight is 373 g/mol. The summed E-state index contributed by atoms with van der Waals surface area (Å²) in [6.07, 6.45) is 1.27. The molecule has 0 radical (unpaired) electrons. The van der Waals surface area contributed by atoms with Gasteiger partial charge in [0.25, 0.3) is 0 Å². The predicted molar refractivity (Wildman–Crippen MR) is 98.8 cm³/mol. The van der Waals surface area contributed by atoms with Crippen LogP contribution in [0.3, 0.4) is 0 Å². The number of carbonyl (C=O) groups excluding carboxylic acids is 1. The maximum atomic E-state index is 13.6. The highest BCUT2D eigenvalue weighted by Crippen LogP contribution is 2.15. The van der Waals surface area contributed by atoms with E-state index in [0.717, 1.165) is 18.7 Å². The van der Waals surface area contributed by atoms with Crippen molar-refractivity contribution in [3.05, 3.63) is 59.5 Å². The van der Waals surface area contributed by atoms with Gasteiger partial charge in [0.05, 0.1) is 0 Å². The molecule has 1 aliphatic rings. The van der Waals surface area contributed by atoms with E-state index in [2.05, 4.69) is 10.3 Å². The van der Waals surface area contributed by atoms with E-state index in [1.165, 1.54) is 6.07 Å². The molecule has 27 heavy (non-hydrogen) atoms. The van der Waals surface area contributed by atoms with Gasteiger partial charge >= 0.3 is 6.09 Å². The number of pyridine rings is 1. The topological polar surface area (TPSA) is 63.7 Å². The van der Waals surface area contributed by atoms with Gasteiger partial charge in [-0.1, -0.05) is 18.2 Å². The summed E-state index contributed by atoms with van der Waals surface area (Å²) in [4.78, 5) is 18.3. The lowest BCUT2D eigenvalue weighted by Gasteiger charge is -2.38. The fraction of sp³-hybridized carbons (Fsp3) is 0.400. The van der Waals surface area contributed by atoms with Crippen LogP contribution in [0.2, 0.25) is 0 Å². The summed E-state index contributed by atoms with van der Waals surface area (Å²) in [5.74, 6) is 0.0788. The average Bonchev–Trinajstić information content (AvgIpc) is 2.66. The molecule has 144 valence electrons. The molecule has 6 nitrogen and oxygen atoms in total. The first-order chi connectivity index (χ1) is 13.0. The second kappa shape index (κ2) is 8.81. The Morgan fingerprint density at radius 3 is 2.59 bits per heavy atom. The molecule has 1 aliphatic heterocycles. The predicted octanol–water partition coefficient (Wildman–Crippen LogP) is 3.12. The number of aromatic nitrogens is 1. The Morgan fingerprint density at radius 2 is 1.93 bits per heavy atom. The lowest BCUT2D eigenvalue weighted by molar-refractivity contribution is 0.0563. The normalized spacial score (nSPS) is 19.6. The molecule has 0 aliphatic carbocycles. The van der Waals surface area contributed by atoms with Crippen LogP contribution in [0.4, 0.5) is 9.18 Å². The third-order valence-electron chi connectivity index (χ3n) is 4.53. The van der Waals surface area contributed by atoms with Crippen LogP contribution < -0.4 is 10.1 Å². The van der Waals surface area contributed by atoms with Crippen LogP contribution in [0.5, 0.6) is 5.88 Å². The monoisotopic (exact) mass is 373 g/mol. The summed E-state index contributed by atoms with van der Waals surface area (Å²) in [7, 11) is 0. The Kier molecular flexibility index (Phi) is 6.24. The van der Waals surface area contributed by atoms with E-state index < -0.39 is 0 Å². The summed E-state index contributed by atoms with van der Waals surface area (Å²) >= 11 is 0. The molecular weight excluding hydrogens is 349 g/mol. The van der Waals surface area contributed by atoms with Crippen molar-refractivity contribution in [2.24, 2.45) is 0 Å². The zero-order valence-corrected chi connectivity index (χ0v) is 15.5. The van der Waals surface area contributed by atoms with Crippen LogP contribution >= 0.6 is 0 Å². The van der Waals surface area contributed by atoms with Crippen molar-refractivity contribution in [3.63, 3.8) is 0 Å². The minimum Gasteiger partial charge on any atom is -0.473 e. The van der Waals surface area contributed by atoms with Gasteiger partial charge in [-0.2, -0.15) is 0 Å². The van der Waals surface area contributed by atoms with E-state index in [1.54, 1.807) is 41.4 Å². The smallest absolute Gasteiger partial charge is 0.410 e. The number of halogens is 1. The van der Waals surface area contributed by atoms with Gasteiger partial charge in [-0.05, 0) is 26.0 Å². The van der Waals surface area contributed by atoms with Crippen molar-refractivity contribution < 1.29 is 18.7 Å². The Labute approximate surface area is 158 Å². The number of carbonyl (C=O) groups is 1. The molecule has 1 aromatic carbocycles. The Balaban J connectivity index is 1.50. The molecule has 1 fully saturated rings. The summed E-state index contributed by atoms with van der Waals surface area (Å²) < 4.78 is 24.5. The summed E-state index contributed by atoms with van der Waals surface area (Å²) in [6, 6.07) is 10.1. The fourth-order valence-corrected chi connectivity index (χ4v) is 3.06. The summed E-state index contributed by atoms with van der Waals surface area (Å²) in [6.45, 7) is 5.75. The third kappa shape index (κ3) is 4.95. The lowest BCUT2D eigenvalue weighted by atomic mass is 10.1. The number of ether oxygens (including phenoxy) is 2. The molecule has 2 atom stereocenters. The van der Waals surface area contributed by atoms with Crippen molar-refractivity contribution in [1.29, 1.82) is 0 Å². The van der Waals surface area contributed by atoms with Crippen LogP contribution in [-0.4, -0.2) is 41.2 Å². The summed E-state index contributed by atoms with van der Waals surface area (Å²) in [5, 5.41) is 3.28. The van der Waals surface area contributed by atoms with Gasteiger partial charge in [0.15, 0.2) is 0 Å². The molecular formula is C20H24FN3O3. The zero-order chi connectivity index (χ0) is 19.2. The summed E-state index contributed by atoms with van der Waals surface area (Å²) in [5.41, 5.74) is 1.23. The maximum absolute atomic E-state index is 13.6. The molecule has 1 saturated heterocycles. The van der Waals surface area contributed by atoms with Gasteiger partial charge in [0, 0.05) is 48.6 Å². The van der Waals surface area contributed by atoms with Crippen molar-refractivity contribution in [3.8, 4) is 5.88 Å². The number of rotatable bonds is 5. The van der Waals surface area contributed by atoms with Gasteiger partial charge in [-0.25, -0.2) is 14.2 Å². The number of hydrogen-bond donors (Lipinski definition) is 1. The molecule has 1 amide bonds. The molecule has 2 heterocycles. The molecule has 2 aromatic rings. The van der Waals surface area contributed by atoms with Crippen LogP contribution in [-0.2, 0) is 18.0 Å². The highest BCUT2D eigenvalue weighted by Gasteiger charge is 2.29. The maximum Gasteiger partial charge on any atom is 0.410 e. The van der Waals surface area contributed by atoms with Gasteiger partial charge in [-0.15, -0.1) is 0 Å². The van der Waals surface area contributed by atoms with Crippen LogP contribution in [0.15, 0.2) is 42.6 Å². The molecule has 1 aromatic heterocycles. The molecule has 0 saturated carbocycles. The van der Waals surface area contributed by atoms with E-state index in [4.69, 9.17) is 9.47 Å². The number of nitrogens with one attached hydrogen (secondary N) is 1. The van der Waals surface area contributed by atoms with Crippen molar-refractivity contribution in [2.75, 3.05) is 13.1 Å². The zero-order valence-electron chi connectivity index (χ0n) is 15.5. The van der Waals surface area contributed by atoms with Crippen molar-refractivity contribution in [1.82, 2.24) is 15.2 Å². The molecule has 1 N–H and O–H groups in total. The van der Waals surface area contributed by atoms with Crippen LogP contribution in [0, 0.1) is 5.82 Å². The number of piperazine rings is 1. The molecule has 0 unspecified atom stereocenters. The largest absolute Gasteiger partial charge is 0.473 e. The van der Waals surface area contributed by atoms with Gasteiger partial charge in [-0.3, -0.25) is 0 Å². The molecule has 0 spiro atoms. The number of amides is 1. The van der Waals surface area contributed by atoms with Crippen LogP contribution in [0.25, 0.3) is 0 Å². The minimum atomic E-state index is -0.323. The molecule has 0 bridgehead atoms. The number of nitrogens with zero attached hydrogens (tertiary/aromatic N) is 2. The lowest BCUT2D eigenvalue weighted by Crippen LogP contribution is -2.57. The quantitative estimate of drug-likeness (QED) is 0.872. The first-order valence-corrected chi connectivity index (χ1v) is 9.01. The standard InChI is InChI=1S/C20H24FN3O3/c1-14-9-22-10-15(2)24(14)20(25)27-12-16-7-8-19(23-11-16)26-13-17-5-3-4-6-18(17)21/h3-8,11,14-15,22H,9-10,12-13H2,1-2H3/t14-,15+. The van der Waals surface area contributed by atoms with E-state index >= 15 is 0 Å². The molecule has 3 rings (SSSR count). The minimum absolute atomic E-state index is 0.0912. The van der Waals surface area contributed by atoms with Gasteiger partial charge in [0.1, 0.15) is 19.0 Å². The van der Waals surface area contributed by atoms with E-state index in [-0.39, 0.29) is 37.2 Å². The Bertz CT molecular complexity index is 759. The second-order valence-corrected chi connectivity index (χ2v) is 6.70. The Morgan fingerprint density at radius 1 is 1.19 bits per heavy atom. The first kappa shape index (κ1) is 19.1. The second-order valence-electron chi connectivity index (χ2n) is 6.70. The van der Waals surface area contributed by atoms with E-state index in [0.29, 0.717) is 11.4 Å². The van der Waals surface area contributed by atoms with E-state index in [1.807, 2.05) is 13.8 Å². The fourth-order valence-electron chi connectivity index (χ4n) is 3.06. The Hall–Kier alpha value is -2.67. The van der Waals surface area contributed by atoms with Crippen molar-refractivity contribution >= 4 is 6.09 Å². The molecule has 7 heteroatoms. The highest BCUT2D eigenvalue weighted by atomic mass is 19.1. The number of hydrogen-bond acceptors (Lipinski definition) is 5. The van der Waals surface area contributed by atoms with Gasteiger partial charge in [0.2, 0.25) is 5.88 Å². The highest BCUT2D eigenvalue weighted by molar-refractivity contribution is 5.68. The van der Waals surface area contributed by atoms with E-state index in [9.17, 15) is 9.18 Å². The number of benzene rings is 1. The first-order valence-electron chi connectivity index (χ1n) is 9.01. The SMILES string of the molecule is C[C@@H]1CNC[C@H](C)N1C(=O)OCc1ccc(OCc2ccccc2F)nc1. The third-order valence-corrected chi connectivity index (χ3v) is 4.53. The van der Waals surface area contributed by atoms with Crippen LogP contribution in [0.1, 0.15) is 25.0 Å². The van der Waals surface area contributed by atoms with Crippen molar-refractivity contribution in [2.45, 2.75) is 39.1 Å². The van der Waals surface area contributed by atoms with Gasteiger partial charge < -0.3 is 19.7 Å².